The highest BCUT2D eigenvalue weighted by atomic mass is 16.6. The molecule has 5 nitrogen and oxygen atoms in total. The number of amides is 1. The van der Waals surface area contributed by atoms with Gasteiger partial charge in [-0.1, -0.05) is 20.8 Å². The van der Waals surface area contributed by atoms with Crippen molar-refractivity contribution in [1.29, 1.82) is 5.26 Å². The Kier molecular flexibility index (Phi) is 4.79. The van der Waals surface area contributed by atoms with E-state index in [2.05, 4.69) is 10.5 Å². The average Bonchev–Trinajstić information content (AvgIpc) is 2.01. The van der Waals surface area contributed by atoms with Crippen molar-refractivity contribution in [2.45, 2.75) is 40.7 Å². The Bertz CT molecular complexity index is 295. The van der Waals surface area contributed by atoms with Crippen LogP contribution in [0.25, 0.3) is 0 Å². The molecule has 5 heteroatoms. The maximum Gasteiger partial charge on any atom is 0.428 e. The van der Waals surface area contributed by atoms with Crippen LogP contribution in [0.4, 0.5) is 4.79 Å². The van der Waals surface area contributed by atoms with Crippen LogP contribution in [0.1, 0.15) is 34.6 Å². The first-order valence-corrected chi connectivity index (χ1v) is 4.72. The third kappa shape index (κ3) is 5.68. The molecule has 84 valence electrons. The van der Waals surface area contributed by atoms with Crippen LogP contribution in [0, 0.1) is 16.7 Å². The summed E-state index contributed by atoms with van der Waals surface area (Å²) in [7, 11) is 0. The molecule has 0 heterocycles. The quantitative estimate of drug-likeness (QED) is 0.561. The highest BCUT2D eigenvalue weighted by molar-refractivity contribution is 6.02. The van der Waals surface area contributed by atoms with Crippen LogP contribution in [0.3, 0.4) is 0 Å². The zero-order chi connectivity index (χ0) is 12.1. The third-order valence-electron chi connectivity index (χ3n) is 1.42. The van der Waals surface area contributed by atoms with Gasteiger partial charge in [0.1, 0.15) is 11.8 Å². The lowest BCUT2D eigenvalue weighted by Crippen LogP contribution is -2.27. The first kappa shape index (κ1) is 13.4. The Morgan fingerprint density at radius 3 is 2.33 bits per heavy atom. The summed E-state index contributed by atoms with van der Waals surface area (Å²) in [6, 6.07) is 1.93. The zero-order valence-corrected chi connectivity index (χ0v) is 9.79. The van der Waals surface area contributed by atoms with Crippen molar-refractivity contribution < 1.29 is 9.53 Å². The van der Waals surface area contributed by atoms with E-state index in [1.807, 2.05) is 26.8 Å². The van der Waals surface area contributed by atoms with Gasteiger partial charge >= 0.3 is 6.09 Å². The molecule has 0 aliphatic rings. The molecule has 15 heavy (non-hydrogen) atoms. The molecule has 0 aromatic heterocycles. The van der Waals surface area contributed by atoms with E-state index in [1.165, 1.54) is 0 Å². The lowest BCUT2D eigenvalue weighted by atomic mass is 9.91. The minimum absolute atomic E-state index is 0.208. The molecule has 0 aromatic rings. The lowest BCUT2D eigenvalue weighted by Gasteiger charge is -2.15. The lowest BCUT2D eigenvalue weighted by molar-refractivity contribution is 0.116. The number of rotatable bonds is 2. The van der Waals surface area contributed by atoms with Crippen LogP contribution in [0.5, 0.6) is 0 Å². The van der Waals surface area contributed by atoms with Crippen LogP contribution in [0.15, 0.2) is 5.10 Å². The van der Waals surface area contributed by atoms with Gasteiger partial charge in [-0.05, 0) is 13.8 Å². The van der Waals surface area contributed by atoms with Crippen molar-refractivity contribution in [3.8, 4) is 6.07 Å². The van der Waals surface area contributed by atoms with E-state index in [-0.39, 0.29) is 17.2 Å². The average molecular weight is 211 g/mol. The number of hydrogen-bond donors (Lipinski definition) is 1. The molecule has 0 bridgehead atoms. The van der Waals surface area contributed by atoms with E-state index < -0.39 is 6.09 Å². The molecule has 0 saturated carbocycles. The fraction of sp³-hybridized carbons (Fsp3) is 0.700. The smallest absolute Gasteiger partial charge is 0.428 e. The monoisotopic (exact) mass is 211 g/mol. The molecule has 0 aliphatic heterocycles. The largest absolute Gasteiger partial charge is 0.446 e. The third-order valence-corrected chi connectivity index (χ3v) is 1.42. The summed E-state index contributed by atoms with van der Waals surface area (Å²) in [4.78, 5) is 11.1. The fourth-order valence-electron chi connectivity index (χ4n) is 0.702. The number of nitriles is 1. The number of hydrogen-bond acceptors (Lipinski definition) is 4. The van der Waals surface area contributed by atoms with Gasteiger partial charge in [0.15, 0.2) is 0 Å². The van der Waals surface area contributed by atoms with Crippen molar-refractivity contribution >= 4 is 11.8 Å². The van der Waals surface area contributed by atoms with E-state index >= 15 is 0 Å². The Labute approximate surface area is 90.1 Å². The van der Waals surface area contributed by atoms with Crippen molar-refractivity contribution in [3.63, 3.8) is 0 Å². The number of carbonyl (C=O) groups is 1. The van der Waals surface area contributed by atoms with E-state index in [4.69, 9.17) is 10.00 Å². The molecule has 0 atom stereocenters. The number of carbonyl (C=O) groups excluding carboxylic acids is 1. The molecular formula is C10H17N3O2. The predicted octanol–water partition coefficient (Wildman–Crippen LogP) is 2.05. The van der Waals surface area contributed by atoms with Gasteiger partial charge in [0.05, 0.1) is 6.10 Å². The molecule has 0 aliphatic carbocycles. The zero-order valence-electron chi connectivity index (χ0n) is 9.79. The van der Waals surface area contributed by atoms with Gasteiger partial charge in [0.2, 0.25) is 0 Å². The molecule has 0 saturated heterocycles. The van der Waals surface area contributed by atoms with Crippen molar-refractivity contribution in [2.75, 3.05) is 0 Å². The van der Waals surface area contributed by atoms with Gasteiger partial charge in [-0.25, -0.2) is 10.2 Å². The van der Waals surface area contributed by atoms with Gasteiger partial charge in [0, 0.05) is 5.41 Å². The Balaban J connectivity index is 4.39. The molecule has 0 radical (unpaired) electrons. The first-order chi connectivity index (χ1) is 6.77. The van der Waals surface area contributed by atoms with E-state index in [0.717, 1.165) is 0 Å². The number of ether oxygens (including phenoxy) is 1. The van der Waals surface area contributed by atoms with Crippen LogP contribution in [0.2, 0.25) is 0 Å². The summed E-state index contributed by atoms with van der Waals surface area (Å²) in [5, 5.41) is 12.5. The minimum Gasteiger partial charge on any atom is -0.446 e. The normalized spacial score (nSPS) is 12.2. The minimum atomic E-state index is -0.651. The van der Waals surface area contributed by atoms with Crippen molar-refractivity contribution in [2.24, 2.45) is 10.5 Å². The van der Waals surface area contributed by atoms with Gasteiger partial charge in [-0.15, -0.1) is 0 Å². The predicted molar refractivity (Wildman–Crippen MR) is 57.3 cm³/mol. The number of nitrogens with zero attached hydrogens (tertiary/aromatic N) is 2. The highest BCUT2D eigenvalue weighted by Crippen LogP contribution is 2.14. The van der Waals surface area contributed by atoms with E-state index in [1.54, 1.807) is 13.8 Å². The molecule has 1 N–H and O–H groups in total. The van der Waals surface area contributed by atoms with Gasteiger partial charge < -0.3 is 4.74 Å². The van der Waals surface area contributed by atoms with Gasteiger partial charge in [-0.3, -0.25) is 0 Å². The Morgan fingerprint density at radius 1 is 1.47 bits per heavy atom. The maximum absolute atomic E-state index is 11.1. The Morgan fingerprint density at radius 2 is 2.00 bits per heavy atom. The highest BCUT2D eigenvalue weighted by Gasteiger charge is 2.19. The van der Waals surface area contributed by atoms with E-state index in [9.17, 15) is 4.79 Å². The molecule has 0 fully saturated rings. The van der Waals surface area contributed by atoms with Crippen LogP contribution in [-0.4, -0.2) is 17.9 Å². The fourth-order valence-corrected chi connectivity index (χ4v) is 0.702. The van der Waals surface area contributed by atoms with Crippen molar-refractivity contribution in [1.82, 2.24) is 5.43 Å². The summed E-state index contributed by atoms with van der Waals surface area (Å²) < 4.78 is 4.79. The summed E-state index contributed by atoms with van der Waals surface area (Å²) in [5.74, 6) is 0. The Hall–Kier alpha value is -1.57. The van der Waals surface area contributed by atoms with Gasteiger partial charge in [-0.2, -0.15) is 10.4 Å². The molecule has 0 unspecified atom stereocenters. The second-order valence-electron chi connectivity index (χ2n) is 4.39. The number of hydrazone groups is 1. The summed E-state index contributed by atoms with van der Waals surface area (Å²) in [6.07, 6.45) is -0.859. The molecule has 0 rings (SSSR count). The number of nitrogens with one attached hydrogen (secondary N) is 1. The standard InChI is InChI=1S/C10H17N3O2/c1-7(2)15-9(14)13-12-8(6-11)10(3,4)5/h7H,1-5H3,(H,13,14)/b12-8+. The molecular weight excluding hydrogens is 194 g/mol. The molecule has 0 spiro atoms. The second kappa shape index (κ2) is 5.35. The second-order valence-corrected chi connectivity index (χ2v) is 4.39. The molecule has 1 amide bonds. The topological polar surface area (TPSA) is 74.5 Å². The van der Waals surface area contributed by atoms with Crippen LogP contribution >= 0.6 is 0 Å². The summed E-state index contributed by atoms with van der Waals surface area (Å²) >= 11 is 0. The van der Waals surface area contributed by atoms with Crippen molar-refractivity contribution in [3.05, 3.63) is 0 Å². The van der Waals surface area contributed by atoms with Crippen LogP contribution in [-0.2, 0) is 4.74 Å². The van der Waals surface area contributed by atoms with E-state index in [0.29, 0.717) is 0 Å². The van der Waals surface area contributed by atoms with Crippen LogP contribution < -0.4 is 5.43 Å². The first-order valence-electron chi connectivity index (χ1n) is 4.72. The molecule has 0 aromatic carbocycles. The maximum atomic E-state index is 11.1. The SMILES string of the molecule is CC(C)OC(=O)N/N=C(\C#N)C(C)(C)C. The summed E-state index contributed by atoms with van der Waals surface area (Å²) in [5.41, 5.74) is 2.04. The summed E-state index contributed by atoms with van der Waals surface area (Å²) in [6.45, 7) is 8.98. The van der Waals surface area contributed by atoms with Gasteiger partial charge in [0.25, 0.3) is 0 Å².